The van der Waals surface area contributed by atoms with Crippen LogP contribution < -0.4 is 10.1 Å². The number of hydrogen-bond donors (Lipinski definition) is 1. The van der Waals surface area contributed by atoms with Crippen molar-refractivity contribution >= 4 is 17.7 Å². The molecule has 1 saturated carbocycles. The van der Waals surface area contributed by atoms with Crippen LogP contribution in [0, 0.1) is 6.92 Å². The van der Waals surface area contributed by atoms with Crippen LogP contribution in [0.4, 0.5) is 0 Å². The second kappa shape index (κ2) is 9.38. The van der Waals surface area contributed by atoms with E-state index in [9.17, 15) is 4.79 Å². The van der Waals surface area contributed by atoms with Crippen LogP contribution in [0.2, 0.25) is 0 Å². The van der Waals surface area contributed by atoms with Crippen molar-refractivity contribution in [2.24, 2.45) is 0 Å². The van der Waals surface area contributed by atoms with Crippen LogP contribution in [0.5, 0.6) is 5.75 Å². The summed E-state index contributed by atoms with van der Waals surface area (Å²) in [5.41, 5.74) is 1.73. The summed E-state index contributed by atoms with van der Waals surface area (Å²) in [6, 6.07) is 9.88. The molecule has 0 radical (unpaired) electrons. The average molecular weight is 427 g/mol. The summed E-state index contributed by atoms with van der Waals surface area (Å²) in [6.45, 7) is 1.89. The van der Waals surface area contributed by atoms with Crippen molar-refractivity contribution in [3.05, 3.63) is 42.4 Å². The van der Waals surface area contributed by atoms with E-state index >= 15 is 0 Å². The van der Waals surface area contributed by atoms with Gasteiger partial charge in [-0.2, -0.15) is 0 Å². The number of carbonyl (C=O) groups excluding carboxylic acids is 1. The Balaban J connectivity index is 1.58. The number of furan rings is 1. The molecule has 3 aromatic rings. The van der Waals surface area contributed by atoms with Crippen molar-refractivity contribution in [2.45, 2.75) is 50.2 Å². The molecule has 0 spiro atoms. The van der Waals surface area contributed by atoms with Crippen LogP contribution >= 0.6 is 11.8 Å². The molecular formula is C22H26N4O3S. The summed E-state index contributed by atoms with van der Waals surface area (Å²) in [4.78, 5) is 12.5. The molecular weight excluding hydrogens is 400 g/mol. The summed E-state index contributed by atoms with van der Waals surface area (Å²) in [5.74, 6) is 2.50. The molecule has 1 N–H and O–H groups in total. The molecule has 0 bridgehead atoms. The fraction of sp³-hybridized carbons (Fsp3) is 0.409. The van der Waals surface area contributed by atoms with Gasteiger partial charge in [0, 0.05) is 12.1 Å². The molecule has 30 heavy (non-hydrogen) atoms. The van der Waals surface area contributed by atoms with E-state index in [0.29, 0.717) is 22.8 Å². The van der Waals surface area contributed by atoms with E-state index in [1.807, 2.05) is 41.8 Å². The van der Waals surface area contributed by atoms with Crippen LogP contribution in [-0.2, 0) is 4.79 Å². The smallest absolute Gasteiger partial charge is 0.230 e. The van der Waals surface area contributed by atoms with Gasteiger partial charge in [-0.05, 0) is 38.0 Å². The van der Waals surface area contributed by atoms with Crippen LogP contribution in [-0.4, -0.2) is 39.6 Å². The van der Waals surface area contributed by atoms with Gasteiger partial charge >= 0.3 is 0 Å². The summed E-state index contributed by atoms with van der Waals surface area (Å²) in [7, 11) is 1.64. The number of rotatable bonds is 7. The SMILES string of the molecule is COc1cccc(-n2c(SCC(=O)NC3CCCCC3)nnc2-c2ccoc2C)c1. The standard InChI is InChI=1S/C22H26N4O3S/c1-15-19(11-12-29-15)21-24-25-22(26(21)17-9-6-10-18(13-17)28-2)30-14-20(27)23-16-7-4-3-5-8-16/h6,9-13,16H,3-5,7-8,14H2,1-2H3,(H,23,27). The Morgan fingerprint density at radius 1 is 1.27 bits per heavy atom. The first kappa shape index (κ1) is 20.5. The van der Waals surface area contributed by atoms with E-state index in [4.69, 9.17) is 9.15 Å². The average Bonchev–Trinajstić information content (AvgIpc) is 3.38. The van der Waals surface area contributed by atoms with Crippen molar-refractivity contribution in [1.29, 1.82) is 0 Å². The first-order chi connectivity index (χ1) is 14.7. The lowest BCUT2D eigenvalue weighted by Crippen LogP contribution is -2.37. The highest BCUT2D eigenvalue weighted by molar-refractivity contribution is 7.99. The Bertz CT molecular complexity index is 1010. The Labute approximate surface area is 180 Å². The first-order valence-electron chi connectivity index (χ1n) is 10.2. The predicted molar refractivity (Wildman–Crippen MR) is 116 cm³/mol. The van der Waals surface area contributed by atoms with Gasteiger partial charge in [0.05, 0.1) is 30.4 Å². The van der Waals surface area contributed by atoms with Gasteiger partial charge in [-0.1, -0.05) is 37.1 Å². The molecule has 1 aliphatic rings. The van der Waals surface area contributed by atoms with Gasteiger partial charge in [-0.25, -0.2) is 0 Å². The lowest BCUT2D eigenvalue weighted by molar-refractivity contribution is -0.119. The van der Waals surface area contributed by atoms with Gasteiger partial charge in [-0.15, -0.1) is 10.2 Å². The summed E-state index contributed by atoms with van der Waals surface area (Å²) >= 11 is 1.38. The number of methoxy groups -OCH3 is 1. The minimum atomic E-state index is 0.0353. The Morgan fingerprint density at radius 2 is 2.10 bits per heavy atom. The fourth-order valence-electron chi connectivity index (χ4n) is 3.78. The zero-order valence-corrected chi connectivity index (χ0v) is 18.1. The monoisotopic (exact) mass is 426 g/mol. The van der Waals surface area contributed by atoms with Crippen LogP contribution in [0.3, 0.4) is 0 Å². The van der Waals surface area contributed by atoms with Gasteiger partial charge in [0.25, 0.3) is 0 Å². The second-order valence-corrected chi connectivity index (χ2v) is 8.37. The van der Waals surface area contributed by atoms with Crippen molar-refractivity contribution in [2.75, 3.05) is 12.9 Å². The fourth-order valence-corrected chi connectivity index (χ4v) is 4.55. The number of aryl methyl sites for hydroxylation is 1. The minimum absolute atomic E-state index is 0.0353. The number of carbonyl (C=O) groups is 1. The molecule has 7 nitrogen and oxygen atoms in total. The zero-order valence-electron chi connectivity index (χ0n) is 17.3. The molecule has 2 heterocycles. The summed E-state index contributed by atoms with van der Waals surface area (Å²) < 4.78 is 12.8. The third-order valence-electron chi connectivity index (χ3n) is 5.35. The van der Waals surface area contributed by atoms with Crippen molar-refractivity contribution in [1.82, 2.24) is 20.1 Å². The van der Waals surface area contributed by atoms with Gasteiger partial charge in [-0.3, -0.25) is 9.36 Å². The molecule has 1 aliphatic carbocycles. The maximum atomic E-state index is 12.5. The van der Waals surface area contributed by atoms with E-state index in [1.165, 1.54) is 31.0 Å². The van der Waals surface area contributed by atoms with Crippen molar-refractivity contribution in [3.63, 3.8) is 0 Å². The van der Waals surface area contributed by atoms with Crippen LogP contribution in [0.25, 0.3) is 17.1 Å². The predicted octanol–water partition coefficient (Wildman–Crippen LogP) is 4.39. The lowest BCUT2D eigenvalue weighted by atomic mass is 9.95. The van der Waals surface area contributed by atoms with Gasteiger partial charge in [0.15, 0.2) is 11.0 Å². The molecule has 1 amide bonds. The van der Waals surface area contributed by atoms with Crippen molar-refractivity contribution in [3.8, 4) is 22.8 Å². The molecule has 0 unspecified atom stereocenters. The molecule has 8 heteroatoms. The van der Waals surface area contributed by atoms with E-state index in [0.717, 1.165) is 35.6 Å². The summed E-state index contributed by atoms with van der Waals surface area (Å²) in [6.07, 6.45) is 7.42. The highest BCUT2D eigenvalue weighted by atomic mass is 32.2. The van der Waals surface area contributed by atoms with Crippen LogP contribution in [0.15, 0.2) is 46.2 Å². The molecule has 1 aromatic carbocycles. The Kier molecular flexibility index (Phi) is 6.42. The quantitative estimate of drug-likeness (QED) is 0.565. The van der Waals surface area contributed by atoms with E-state index < -0.39 is 0 Å². The topological polar surface area (TPSA) is 82.2 Å². The number of nitrogens with zero attached hydrogens (tertiary/aromatic N) is 3. The number of aromatic nitrogens is 3. The number of benzene rings is 1. The third kappa shape index (κ3) is 4.53. The van der Waals surface area contributed by atoms with E-state index in [-0.39, 0.29) is 5.91 Å². The van der Waals surface area contributed by atoms with Crippen LogP contribution in [0.1, 0.15) is 37.9 Å². The van der Waals surface area contributed by atoms with Gasteiger partial charge in [0.1, 0.15) is 11.5 Å². The molecule has 4 rings (SSSR count). The number of thioether (sulfide) groups is 1. The third-order valence-corrected chi connectivity index (χ3v) is 6.28. The number of nitrogens with one attached hydrogen (secondary N) is 1. The zero-order chi connectivity index (χ0) is 20.9. The number of hydrogen-bond acceptors (Lipinski definition) is 6. The number of ether oxygens (including phenoxy) is 1. The molecule has 158 valence electrons. The molecule has 0 aliphatic heterocycles. The van der Waals surface area contributed by atoms with Crippen molar-refractivity contribution < 1.29 is 13.9 Å². The van der Waals surface area contributed by atoms with E-state index in [1.54, 1.807) is 13.4 Å². The highest BCUT2D eigenvalue weighted by Gasteiger charge is 2.21. The maximum Gasteiger partial charge on any atom is 0.230 e. The molecule has 1 fully saturated rings. The highest BCUT2D eigenvalue weighted by Crippen LogP contribution is 2.31. The molecule has 0 saturated heterocycles. The molecule has 2 aromatic heterocycles. The number of amides is 1. The largest absolute Gasteiger partial charge is 0.497 e. The first-order valence-corrected chi connectivity index (χ1v) is 11.2. The summed E-state index contributed by atoms with van der Waals surface area (Å²) in [5, 5.41) is 12.6. The lowest BCUT2D eigenvalue weighted by Gasteiger charge is -2.22. The molecule has 0 atom stereocenters. The van der Waals surface area contributed by atoms with E-state index in [2.05, 4.69) is 15.5 Å². The Hall–Kier alpha value is -2.74. The normalized spacial score (nSPS) is 14.6. The minimum Gasteiger partial charge on any atom is -0.497 e. The second-order valence-electron chi connectivity index (χ2n) is 7.42. The Morgan fingerprint density at radius 3 is 2.83 bits per heavy atom. The van der Waals surface area contributed by atoms with Gasteiger partial charge < -0.3 is 14.5 Å². The maximum absolute atomic E-state index is 12.5. The van der Waals surface area contributed by atoms with Gasteiger partial charge in [0.2, 0.25) is 5.91 Å².